The Hall–Kier alpha value is 0.276. The van der Waals surface area contributed by atoms with Gasteiger partial charge in [-0.15, -0.1) is 0 Å². The van der Waals surface area contributed by atoms with Crippen LogP contribution in [0.25, 0.3) is 0 Å². The number of hydrogen-bond donors (Lipinski definition) is 0. The van der Waals surface area contributed by atoms with Gasteiger partial charge in [-0.05, 0) is 12.0 Å². The summed E-state index contributed by atoms with van der Waals surface area (Å²) in [6.45, 7) is 6.11. The van der Waals surface area contributed by atoms with E-state index in [4.69, 9.17) is 0 Å². The molecule has 13 heavy (non-hydrogen) atoms. The van der Waals surface area contributed by atoms with Gasteiger partial charge in [0.1, 0.15) is 0 Å². The van der Waals surface area contributed by atoms with Crippen molar-refractivity contribution in [1.82, 2.24) is 0 Å². The van der Waals surface area contributed by atoms with Crippen LogP contribution < -0.4 is 12.4 Å². The molecule has 2 heteroatoms. The van der Waals surface area contributed by atoms with Crippen molar-refractivity contribution in [1.29, 1.82) is 0 Å². The second-order valence-corrected chi connectivity index (χ2v) is 3.13. The minimum Gasteiger partial charge on any atom is -1.00 e. The van der Waals surface area contributed by atoms with E-state index in [9.17, 15) is 0 Å². The largest absolute Gasteiger partial charge is 2.00 e. The van der Waals surface area contributed by atoms with Crippen LogP contribution in [0.3, 0.4) is 0 Å². The molecule has 0 nitrogen and oxygen atoms in total. The minimum atomic E-state index is 0. The van der Waals surface area contributed by atoms with Gasteiger partial charge in [-0.2, -0.15) is 5.92 Å². The molecule has 0 spiro atoms. The molecular weight excluding hydrogens is 192 g/mol. The Bertz CT molecular complexity index is 197. The van der Waals surface area contributed by atoms with Crippen LogP contribution in [0.2, 0.25) is 0 Å². The smallest absolute Gasteiger partial charge is 1.00 e. The zero-order valence-electron chi connectivity index (χ0n) is 8.17. The van der Waals surface area contributed by atoms with Crippen LogP contribution in [0.15, 0.2) is 30.3 Å². The first-order valence-electron chi connectivity index (χ1n) is 4.16. The van der Waals surface area contributed by atoms with E-state index in [2.05, 4.69) is 44.2 Å². The van der Waals surface area contributed by atoms with E-state index in [1.807, 2.05) is 0 Å². The summed E-state index contributed by atoms with van der Waals surface area (Å²) >= 11 is 0. The molecule has 0 bridgehead atoms. The number of rotatable bonds is 3. The molecule has 68 valence electrons. The van der Waals surface area contributed by atoms with E-state index in [1.54, 1.807) is 0 Å². The molecule has 0 unspecified atom stereocenters. The molecule has 0 N–H and O–H groups in total. The Morgan fingerprint density at radius 3 is 2.23 bits per heavy atom. The van der Waals surface area contributed by atoms with Crippen molar-refractivity contribution >= 4 is 23.1 Å². The van der Waals surface area contributed by atoms with Gasteiger partial charge in [-0.1, -0.05) is 43.7 Å². The van der Waals surface area contributed by atoms with Crippen molar-refractivity contribution in [2.45, 2.75) is 19.8 Å². The average molecular weight is 207 g/mol. The molecule has 0 radical (unpaired) electrons. The van der Waals surface area contributed by atoms with Crippen molar-refractivity contribution in [3.63, 3.8) is 0 Å². The third kappa shape index (κ3) is 7.36. The molecule has 0 aliphatic rings. The van der Waals surface area contributed by atoms with Crippen molar-refractivity contribution in [2.75, 3.05) is 0 Å². The van der Waals surface area contributed by atoms with Crippen LogP contribution in [0.4, 0.5) is 0 Å². The molecule has 0 amide bonds. The summed E-state index contributed by atoms with van der Waals surface area (Å²) in [6.07, 6.45) is 2.34. The monoisotopic (exact) mass is 206 g/mol. The standard InChI is InChI=1S/C11H15.ClH.Mg/c1-10(2)8-9-11-6-4-3-5-7-11;;/h3-7,10H,1,8-9H2,2H3;1H;/q-1;;+2/p-1/t10-;;/m0../s1. The van der Waals surface area contributed by atoms with Crippen LogP contribution >= 0.6 is 0 Å². The molecule has 0 aromatic heterocycles. The van der Waals surface area contributed by atoms with Crippen LogP contribution in [0.5, 0.6) is 0 Å². The molecule has 1 aromatic rings. The van der Waals surface area contributed by atoms with Gasteiger partial charge in [0.15, 0.2) is 0 Å². The maximum atomic E-state index is 3.95. The van der Waals surface area contributed by atoms with Gasteiger partial charge in [0.2, 0.25) is 0 Å². The fourth-order valence-electron chi connectivity index (χ4n) is 1.06. The van der Waals surface area contributed by atoms with Crippen LogP contribution in [0, 0.1) is 12.8 Å². The van der Waals surface area contributed by atoms with E-state index >= 15 is 0 Å². The summed E-state index contributed by atoms with van der Waals surface area (Å²) in [7, 11) is 0. The zero-order chi connectivity index (χ0) is 8.10. The number of halogens is 1. The normalized spacial score (nSPS) is 10.9. The molecule has 0 aliphatic heterocycles. The Morgan fingerprint density at radius 1 is 1.23 bits per heavy atom. The Kier molecular flexibility index (Phi) is 10.7. The van der Waals surface area contributed by atoms with Crippen molar-refractivity contribution in [3.8, 4) is 0 Å². The summed E-state index contributed by atoms with van der Waals surface area (Å²) < 4.78 is 0. The fourth-order valence-corrected chi connectivity index (χ4v) is 1.06. The summed E-state index contributed by atoms with van der Waals surface area (Å²) in [5.41, 5.74) is 1.42. The van der Waals surface area contributed by atoms with Gasteiger partial charge >= 0.3 is 23.1 Å². The molecule has 0 fully saturated rings. The second kappa shape index (κ2) is 8.86. The topological polar surface area (TPSA) is 0 Å². The summed E-state index contributed by atoms with van der Waals surface area (Å²) in [5, 5.41) is 0. The molecule has 0 saturated carbocycles. The Balaban J connectivity index is 0. The molecule has 1 aromatic carbocycles. The SMILES string of the molecule is [CH2-][C@@H](C)CCc1ccccc1.[Cl-].[Mg+2]. The van der Waals surface area contributed by atoms with Gasteiger partial charge in [-0.3, -0.25) is 0 Å². The van der Waals surface area contributed by atoms with Gasteiger partial charge in [0, 0.05) is 0 Å². The summed E-state index contributed by atoms with van der Waals surface area (Å²) in [4.78, 5) is 0. The number of aryl methyl sites for hydroxylation is 1. The number of benzene rings is 1. The first-order valence-corrected chi connectivity index (χ1v) is 4.16. The van der Waals surface area contributed by atoms with Crippen molar-refractivity contribution in [2.24, 2.45) is 5.92 Å². The maximum Gasteiger partial charge on any atom is 2.00 e. The minimum absolute atomic E-state index is 0. The quantitative estimate of drug-likeness (QED) is 0.472. The van der Waals surface area contributed by atoms with Crippen molar-refractivity contribution < 1.29 is 12.4 Å². The Morgan fingerprint density at radius 2 is 1.77 bits per heavy atom. The third-order valence-corrected chi connectivity index (χ3v) is 1.77. The predicted octanol–water partition coefficient (Wildman–Crippen LogP) is -0.287. The van der Waals surface area contributed by atoms with Crippen LogP contribution in [-0.4, -0.2) is 23.1 Å². The van der Waals surface area contributed by atoms with E-state index < -0.39 is 0 Å². The van der Waals surface area contributed by atoms with Gasteiger partial charge in [0.25, 0.3) is 0 Å². The van der Waals surface area contributed by atoms with Gasteiger partial charge in [-0.25, -0.2) is 0 Å². The average Bonchev–Trinajstić information content (AvgIpc) is 2.03. The Labute approximate surface area is 104 Å². The van der Waals surface area contributed by atoms with Crippen LogP contribution in [-0.2, 0) is 6.42 Å². The molecule has 0 heterocycles. The van der Waals surface area contributed by atoms with E-state index in [0.29, 0.717) is 5.92 Å². The summed E-state index contributed by atoms with van der Waals surface area (Å²) in [5.74, 6) is 0.565. The molecule has 0 saturated heterocycles. The third-order valence-electron chi connectivity index (χ3n) is 1.77. The molecule has 1 rings (SSSR count). The molecular formula is C11H15ClMg. The van der Waals surface area contributed by atoms with Gasteiger partial charge in [0.05, 0.1) is 0 Å². The maximum absolute atomic E-state index is 3.95. The van der Waals surface area contributed by atoms with E-state index in [1.165, 1.54) is 12.0 Å². The molecule has 0 aliphatic carbocycles. The first-order chi connectivity index (χ1) is 5.29. The van der Waals surface area contributed by atoms with Crippen molar-refractivity contribution in [3.05, 3.63) is 42.8 Å². The van der Waals surface area contributed by atoms with Crippen LogP contribution in [0.1, 0.15) is 18.9 Å². The fraction of sp³-hybridized carbons (Fsp3) is 0.364. The van der Waals surface area contributed by atoms with E-state index in [0.717, 1.165) is 6.42 Å². The van der Waals surface area contributed by atoms with E-state index in [-0.39, 0.29) is 35.5 Å². The zero-order valence-corrected chi connectivity index (χ0v) is 10.3. The summed E-state index contributed by atoms with van der Waals surface area (Å²) in [6, 6.07) is 10.6. The predicted molar refractivity (Wildman–Crippen MR) is 55.0 cm³/mol. The second-order valence-electron chi connectivity index (χ2n) is 3.13. The first kappa shape index (κ1) is 15.7. The number of hydrogen-bond acceptors (Lipinski definition) is 0. The molecule has 1 atom stereocenters. The van der Waals surface area contributed by atoms with Gasteiger partial charge < -0.3 is 19.3 Å².